The summed E-state index contributed by atoms with van der Waals surface area (Å²) in [7, 11) is 0. The summed E-state index contributed by atoms with van der Waals surface area (Å²) in [6.45, 7) is 0. The third-order valence-corrected chi connectivity index (χ3v) is 5.00. The van der Waals surface area contributed by atoms with Crippen molar-refractivity contribution in [2.24, 2.45) is 0 Å². The topological polar surface area (TPSA) is 20.3 Å². The molecule has 0 aliphatic carbocycles. The standard InChI is InChI=1S/C16H8Cl2FNOS2/c17-10-6-5-9(11(18)8-10)7-14-15(21)20(16(22)23-14)13-4-2-1-3-12(13)19/h1-8H/b14-7+. The summed E-state index contributed by atoms with van der Waals surface area (Å²) < 4.78 is 14.2. The van der Waals surface area contributed by atoms with Gasteiger partial charge in [-0.15, -0.1) is 0 Å². The van der Waals surface area contributed by atoms with Crippen molar-refractivity contribution in [1.82, 2.24) is 0 Å². The van der Waals surface area contributed by atoms with Gasteiger partial charge in [0.15, 0.2) is 4.32 Å². The van der Waals surface area contributed by atoms with Crippen molar-refractivity contribution in [3.8, 4) is 0 Å². The number of anilines is 1. The largest absolute Gasteiger partial charge is 0.270 e. The Hall–Kier alpha value is -1.40. The first kappa shape index (κ1) is 16.5. The lowest BCUT2D eigenvalue weighted by Gasteiger charge is -2.14. The number of para-hydroxylation sites is 1. The van der Waals surface area contributed by atoms with Gasteiger partial charge in [0.05, 0.1) is 10.6 Å². The quantitative estimate of drug-likeness (QED) is 0.501. The first-order valence-corrected chi connectivity index (χ1v) is 8.43. The molecule has 0 radical (unpaired) electrons. The van der Waals surface area contributed by atoms with Crippen molar-refractivity contribution in [1.29, 1.82) is 0 Å². The van der Waals surface area contributed by atoms with Crippen LogP contribution in [0.3, 0.4) is 0 Å². The highest BCUT2D eigenvalue weighted by Gasteiger charge is 2.34. The van der Waals surface area contributed by atoms with E-state index in [1.165, 1.54) is 17.0 Å². The van der Waals surface area contributed by atoms with Crippen LogP contribution in [0.1, 0.15) is 5.56 Å². The number of carbonyl (C=O) groups excluding carboxylic acids is 1. The molecule has 1 aliphatic rings. The zero-order chi connectivity index (χ0) is 16.6. The van der Waals surface area contributed by atoms with Crippen LogP contribution in [0.25, 0.3) is 6.08 Å². The summed E-state index contributed by atoms with van der Waals surface area (Å²) in [6.07, 6.45) is 1.62. The van der Waals surface area contributed by atoms with Gasteiger partial charge in [0.25, 0.3) is 5.91 Å². The van der Waals surface area contributed by atoms with Crippen LogP contribution in [0.5, 0.6) is 0 Å². The van der Waals surface area contributed by atoms with E-state index in [1.807, 2.05) is 0 Å². The van der Waals surface area contributed by atoms with Crippen LogP contribution in [-0.4, -0.2) is 10.2 Å². The molecule has 2 nitrogen and oxygen atoms in total. The number of hydrogen-bond donors (Lipinski definition) is 0. The minimum atomic E-state index is -0.505. The summed E-state index contributed by atoms with van der Waals surface area (Å²) in [6, 6.07) is 11.0. The van der Waals surface area contributed by atoms with E-state index in [4.69, 9.17) is 35.4 Å². The minimum Gasteiger partial charge on any atom is -0.268 e. The molecule has 2 aromatic carbocycles. The van der Waals surface area contributed by atoms with Crippen molar-refractivity contribution in [2.45, 2.75) is 0 Å². The van der Waals surface area contributed by atoms with E-state index >= 15 is 0 Å². The lowest BCUT2D eigenvalue weighted by molar-refractivity contribution is -0.113. The molecule has 1 aliphatic heterocycles. The number of amides is 1. The molecule has 1 amide bonds. The van der Waals surface area contributed by atoms with Gasteiger partial charge in [-0.2, -0.15) is 0 Å². The molecule has 1 heterocycles. The van der Waals surface area contributed by atoms with E-state index in [9.17, 15) is 9.18 Å². The Bertz CT molecular complexity index is 854. The van der Waals surface area contributed by atoms with Crippen molar-refractivity contribution in [3.63, 3.8) is 0 Å². The Morgan fingerprint density at radius 1 is 1.17 bits per heavy atom. The van der Waals surface area contributed by atoms with Crippen LogP contribution < -0.4 is 4.90 Å². The van der Waals surface area contributed by atoms with Gasteiger partial charge in [-0.05, 0) is 35.9 Å². The van der Waals surface area contributed by atoms with Crippen molar-refractivity contribution in [3.05, 3.63) is 68.8 Å². The molecule has 0 N–H and O–H groups in total. The normalized spacial score (nSPS) is 16.5. The molecule has 0 aromatic heterocycles. The van der Waals surface area contributed by atoms with Crippen molar-refractivity contribution >= 4 is 69.2 Å². The van der Waals surface area contributed by atoms with E-state index < -0.39 is 5.82 Å². The Morgan fingerprint density at radius 2 is 1.91 bits per heavy atom. The maximum absolute atomic E-state index is 13.9. The smallest absolute Gasteiger partial charge is 0.268 e. The van der Waals surface area contributed by atoms with Crippen LogP contribution in [0.15, 0.2) is 47.4 Å². The fourth-order valence-corrected chi connectivity index (χ4v) is 3.81. The molecular formula is C16H8Cl2FNOS2. The Kier molecular flexibility index (Phi) is 4.73. The molecule has 2 aromatic rings. The highest BCUT2D eigenvalue weighted by Crippen LogP contribution is 2.37. The van der Waals surface area contributed by atoms with Crippen molar-refractivity contribution < 1.29 is 9.18 Å². The summed E-state index contributed by atoms with van der Waals surface area (Å²) >= 11 is 18.3. The average molecular weight is 384 g/mol. The van der Waals surface area contributed by atoms with Gasteiger partial charge < -0.3 is 0 Å². The third-order valence-electron chi connectivity index (χ3n) is 3.14. The van der Waals surface area contributed by atoms with Gasteiger partial charge in [-0.1, -0.05) is 65.4 Å². The van der Waals surface area contributed by atoms with Crippen LogP contribution in [0.2, 0.25) is 10.0 Å². The van der Waals surface area contributed by atoms with Crippen LogP contribution in [0, 0.1) is 5.82 Å². The first-order chi connectivity index (χ1) is 11.0. The fourth-order valence-electron chi connectivity index (χ4n) is 2.07. The Morgan fingerprint density at radius 3 is 2.61 bits per heavy atom. The van der Waals surface area contributed by atoms with Gasteiger partial charge in [0.2, 0.25) is 0 Å². The average Bonchev–Trinajstić information content (AvgIpc) is 2.77. The monoisotopic (exact) mass is 383 g/mol. The molecule has 1 saturated heterocycles. The highest BCUT2D eigenvalue weighted by molar-refractivity contribution is 8.27. The van der Waals surface area contributed by atoms with Crippen LogP contribution >= 0.6 is 47.2 Å². The molecule has 0 atom stereocenters. The lowest BCUT2D eigenvalue weighted by Crippen LogP contribution is -2.28. The summed E-state index contributed by atoms with van der Waals surface area (Å²) in [4.78, 5) is 14.1. The fraction of sp³-hybridized carbons (Fsp3) is 0. The third kappa shape index (κ3) is 3.28. The number of thioether (sulfide) groups is 1. The van der Waals surface area contributed by atoms with Gasteiger partial charge in [-0.25, -0.2) is 4.39 Å². The summed E-state index contributed by atoms with van der Waals surface area (Å²) in [5, 5.41) is 0.930. The Balaban J connectivity index is 1.98. The first-order valence-electron chi connectivity index (χ1n) is 6.45. The number of rotatable bonds is 2. The molecule has 7 heteroatoms. The number of nitrogens with zero attached hydrogens (tertiary/aromatic N) is 1. The van der Waals surface area contributed by atoms with Gasteiger partial charge in [-0.3, -0.25) is 9.69 Å². The molecule has 3 rings (SSSR count). The Labute approximate surface area is 151 Å². The van der Waals surface area contributed by atoms with E-state index in [1.54, 1.807) is 36.4 Å². The molecular weight excluding hydrogens is 376 g/mol. The highest BCUT2D eigenvalue weighted by atomic mass is 35.5. The molecule has 0 unspecified atom stereocenters. The zero-order valence-electron chi connectivity index (χ0n) is 11.4. The van der Waals surface area contributed by atoms with E-state index in [0.717, 1.165) is 11.8 Å². The minimum absolute atomic E-state index is 0.139. The molecule has 1 fully saturated rings. The predicted octanol–water partition coefficient (Wildman–Crippen LogP) is 5.54. The molecule has 116 valence electrons. The number of thiocarbonyl (C=S) groups is 1. The lowest BCUT2D eigenvalue weighted by atomic mass is 10.2. The van der Waals surface area contributed by atoms with E-state index in [-0.39, 0.29) is 15.9 Å². The number of halogens is 3. The molecule has 0 saturated carbocycles. The zero-order valence-corrected chi connectivity index (χ0v) is 14.6. The van der Waals surface area contributed by atoms with Crippen LogP contribution in [-0.2, 0) is 4.79 Å². The SMILES string of the molecule is O=C1/C(=C\c2ccc(Cl)cc2Cl)SC(=S)N1c1ccccc1F. The van der Waals surface area contributed by atoms with Gasteiger partial charge in [0, 0.05) is 10.0 Å². The maximum Gasteiger partial charge on any atom is 0.270 e. The maximum atomic E-state index is 13.9. The van der Waals surface area contributed by atoms with Crippen molar-refractivity contribution in [2.75, 3.05) is 4.90 Å². The summed E-state index contributed by atoms with van der Waals surface area (Å²) in [5.74, 6) is -0.884. The number of benzene rings is 2. The van der Waals surface area contributed by atoms with Crippen LogP contribution in [0.4, 0.5) is 10.1 Å². The van der Waals surface area contributed by atoms with E-state index in [0.29, 0.717) is 20.5 Å². The summed E-state index contributed by atoms with van der Waals surface area (Å²) in [5.41, 5.74) is 0.783. The second-order valence-corrected chi connectivity index (χ2v) is 7.15. The second kappa shape index (κ2) is 6.61. The molecule has 0 spiro atoms. The second-order valence-electron chi connectivity index (χ2n) is 4.63. The van der Waals surface area contributed by atoms with Gasteiger partial charge in [0.1, 0.15) is 5.82 Å². The number of carbonyl (C=O) groups is 1. The molecule has 0 bridgehead atoms. The number of hydrogen-bond acceptors (Lipinski definition) is 3. The molecule has 23 heavy (non-hydrogen) atoms. The van der Waals surface area contributed by atoms with Gasteiger partial charge >= 0.3 is 0 Å². The predicted molar refractivity (Wildman–Crippen MR) is 98.5 cm³/mol. The van der Waals surface area contributed by atoms with E-state index in [2.05, 4.69) is 0 Å².